The Kier molecular flexibility index (Phi) is 14.8. The molecule has 0 bridgehead atoms. The first kappa shape index (κ1) is 36.5. The molecule has 0 amide bonds. The zero-order chi connectivity index (χ0) is 30.0. The van der Waals surface area contributed by atoms with Crippen LogP contribution in [0.3, 0.4) is 0 Å². The zero-order valence-corrected chi connectivity index (χ0v) is 32.1. The molecule has 0 heterocycles. The van der Waals surface area contributed by atoms with Crippen LogP contribution in [0.4, 0.5) is 0 Å². The predicted molar refractivity (Wildman–Crippen MR) is 185 cm³/mol. The van der Waals surface area contributed by atoms with Gasteiger partial charge in [0.25, 0.3) is 0 Å². The van der Waals surface area contributed by atoms with Gasteiger partial charge in [-0.05, 0) is 23.0 Å². The molecule has 0 N–H and O–H groups in total. The number of allylic oxidation sites excluding steroid dienone is 6. The van der Waals surface area contributed by atoms with E-state index in [1.165, 1.54) is 73.1 Å². The standard InChI is InChI=1S/C22H17.C17H15.C2H6Si.2ClH.Hf/c1-3-9-17(10-4-1)20-15-19-13-7-8-14-21(22(19)16-20)18-11-5-2-6-12-18;1-13-11-15-9-5-6-10-16(17(15)12-13)14-7-3-2-4-8-14;1-3-2;;;/h1-16,21H;2-12,16H,1H3;1-2H3;2*1H;/q2*-1;;;;+2/p-2. The van der Waals surface area contributed by atoms with Crippen LogP contribution in [0.2, 0.25) is 13.1 Å². The van der Waals surface area contributed by atoms with Gasteiger partial charge in [0.15, 0.2) is 0 Å². The maximum atomic E-state index is 2.34. The Labute approximate surface area is 297 Å². The fourth-order valence-electron chi connectivity index (χ4n) is 5.65. The van der Waals surface area contributed by atoms with E-state index in [-0.39, 0.29) is 30.3 Å². The van der Waals surface area contributed by atoms with E-state index in [1.54, 1.807) is 0 Å². The number of halogens is 2. The third-order valence-electron chi connectivity index (χ3n) is 7.53. The second-order valence-corrected chi connectivity index (χ2v) is 24.0. The number of rotatable bonds is 3. The normalized spacial score (nSPS) is 15.3. The van der Waals surface area contributed by atoms with E-state index in [0.717, 1.165) is 0 Å². The molecule has 2 aliphatic carbocycles. The molecule has 45 heavy (non-hydrogen) atoms. The Balaban J connectivity index is 0.000000216. The maximum Gasteiger partial charge on any atom is -0.0144 e. The monoisotopic (exact) mass is 808 g/mol. The second kappa shape index (κ2) is 18.2. The fraction of sp³-hybridized carbons (Fsp3) is 0.122. The van der Waals surface area contributed by atoms with E-state index < -0.39 is 0 Å². The number of aryl methyl sites for hydroxylation is 1. The summed E-state index contributed by atoms with van der Waals surface area (Å²) < 4.78 is 0. The minimum atomic E-state index is 0. The smallest absolute Gasteiger partial charge is 0.0144 e. The van der Waals surface area contributed by atoms with Crippen LogP contribution >= 0.6 is 0 Å². The molecule has 0 nitrogen and oxygen atoms in total. The minimum absolute atomic E-state index is 0. The van der Waals surface area contributed by atoms with Gasteiger partial charge in [0.05, 0.1) is 0 Å². The molecule has 0 saturated carbocycles. The van der Waals surface area contributed by atoms with Gasteiger partial charge in [-0.1, -0.05) is 134 Å². The number of hydrogen-bond donors (Lipinski definition) is 0. The van der Waals surface area contributed by atoms with Crippen molar-refractivity contribution in [3.8, 4) is 11.1 Å². The molecule has 2 aliphatic rings. The van der Waals surface area contributed by atoms with E-state index in [9.17, 15) is 0 Å². The van der Waals surface area contributed by atoms with Crippen molar-refractivity contribution in [1.82, 2.24) is 0 Å². The summed E-state index contributed by atoms with van der Waals surface area (Å²) in [5.74, 6) is 0.707. The molecule has 2 atom stereocenters. The quantitative estimate of drug-likeness (QED) is 0.178. The molecule has 5 aromatic rings. The van der Waals surface area contributed by atoms with Crippen LogP contribution in [0.15, 0.2) is 152 Å². The van der Waals surface area contributed by atoms with Gasteiger partial charge >= 0.3 is 41.6 Å². The second-order valence-electron chi connectivity index (χ2n) is 11.2. The van der Waals surface area contributed by atoms with Crippen molar-refractivity contribution in [2.75, 3.05) is 0 Å². The molecule has 7 rings (SSSR count). The van der Waals surface area contributed by atoms with Crippen molar-refractivity contribution in [2.45, 2.75) is 31.9 Å². The third-order valence-corrected chi connectivity index (χ3v) is 7.53. The Morgan fingerprint density at radius 2 is 1.00 bits per heavy atom. The van der Waals surface area contributed by atoms with Gasteiger partial charge in [-0.3, -0.25) is 0 Å². The summed E-state index contributed by atoms with van der Waals surface area (Å²) in [6, 6.07) is 41.2. The van der Waals surface area contributed by atoms with Gasteiger partial charge in [-0.2, -0.15) is 17.2 Å². The van der Waals surface area contributed by atoms with Gasteiger partial charge in [0, 0.05) is 0 Å². The summed E-state index contributed by atoms with van der Waals surface area (Å²) in [6.45, 7) is 6.82. The molecule has 2 unspecified atom stereocenters. The summed E-state index contributed by atoms with van der Waals surface area (Å²) in [6.07, 6.45) is 17.5. The first-order chi connectivity index (χ1) is 21.0. The molecule has 0 saturated heterocycles. The van der Waals surface area contributed by atoms with Crippen molar-refractivity contribution in [3.05, 3.63) is 191 Å². The van der Waals surface area contributed by atoms with Gasteiger partial charge < -0.3 is 24.8 Å². The van der Waals surface area contributed by atoms with Gasteiger partial charge in [0.1, 0.15) is 0 Å². The molecule has 0 radical (unpaired) electrons. The first-order valence-electron chi connectivity index (χ1n) is 14.9. The average molecular weight is 808 g/mol. The number of fused-ring (bicyclic) bond motifs is 2. The Hall–Kier alpha value is -3.01. The third kappa shape index (κ3) is 9.99. The number of benzene rings is 3. The Bertz CT molecular complexity index is 1750. The molecule has 0 aromatic heterocycles. The van der Waals surface area contributed by atoms with Crippen molar-refractivity contribution in [2.24, 2.45) is 0 Å². The Morgan fingerprint density at radius 1 is 0.578 bits per heavy atom. The molecule has 4 heteroatoms. The molecular weight excluding hydrogens is 770 g/mol. The fourth-order valence-corrected chi connectivity index (χ4v) is 5.65. The van der Waals surface area contributed by atoms with Crippen LogP contribution in [0.1, 0.15) is 50.8 Å². The van der Waals surface area contributed by atoms with E-state index in [2.05, 4.69) is 184 Å². The van der Waals surface area contributed by atoms with Crippen LogP contribution in [0, 0.1) is 6.92 Å². The van der Waals surface area contributed by atoms with Gasteiger partial charge in [-0.25, -0.2) is 0 Å². The van der Waals surface area contributed by atoms with E-state index in [0.29, 0.717) is 11.8 Å². The summed E-state index contributed by atoms with van der Waals surface area (Å²) in [7, 11) is 0. The molecule has 0 spiro atoms. The summed E-state index contributed by atoms with van der Waals surface area (Å²) >= 11 is 1.45. The Morgan fingerprint density at radius 3 is 1.49 bits per heavy atom. The molecule has 0 aliphatic heterocycles. The average Bonchev–Trinajstić information content (AvgIpc) is 3.48. The van der Waals surface area contributed by atoms with Gasteiger partial charge in [-0.15, -0.1) is 58.7 Å². The van der Waals surface area contributed by atoms with Crippen molar-refractivity contribution in [1.29, 1.82) is 0 Å². The van der Waals surface area contributed by atoms with Crippen molar-refractivity contribution < 1.29 is 47.8 Å². The minimum Gasteiger partial charge on any atom is -1.00 e. The predicted octanol–water partition coefficient (Wildman–Crippen LogP) is 5.01. The topological polar surface area (TPSA) is 0 Å². The largest absolute Gasteiger partial charge is 1.00 e. The first-order valence-corrected chi connectivity index (χ1v) is 22.8. The molecular formula is C41H38Cl2HfSi-2. The molecule has 226 valence electrons. The van der Waals surface area contributed by atoms with Crippen LogP contribution in [-0.4, -0.2) is 5.49 Å². The molecule has 5 aromatic carbocycles. The summed E-state index contributed by atoms with van der Waals surface area (Å²) in [4.78, 5) is 0. The van der Waals surface area contributed by atoms with E-state index in [1.807, 2.05) is 0 Å². The zero-order valence-electron chi connectivity index (χ0n) is 26.0. The van der Waals surface area contributed by atoms with Crippen LogP contribution in [0.25, 0.3) is 23.3 Å². The van der Waals surface area contributed by atoms with Crippen molar-refractivity contribution >= 4 is 17.6 Å². The summed E-state index contributed by atoms with van der Waals surface area (Å²) in [5, 5.41) is 0. The summed E-state index contributed by atoms with van der Waals surface area (Å²) in [5.41, 5.74) is 12.3. The van der Waals surface area contributed by atoms with E-state index in [4.69, 9.17) is 0 Å². The number of hydrogen-bond acceptors (Lipinski definition) is 0. The van der Waals surface area contributed by atoms with E-state index >= 15 is 0 Å². The van der Waals surface area contributed by atoms with Crippen LogP contribution < -0.4 is 24.8 Å². The maximum absolute atomic E-state index is 2.34. The van der Waals surface area contributed by atoms with Crippen LogP contribution in [-0.2, 0) is 23.0 Å². The van der Waals surface area contributed by atoms with Gasteiger partial charge in [0.2, 0.25) is 0 Å². The SMILES string of the molecule is C1=Cc2[cH-]c(-c3ccccc3)cc2C(c2ccccc2)C=C1.C[Si](C)=[Hf+2].Cc1cc2c([cH-]1)C=CC=CC2c1ccccc1.[Cl-].[Cl-]. The van der Waals surface area contributed by atoms with Crippen LogP contribution in [0.5, 0.6) is 0 Å². The van der Waals surface area contributed by atoms with Crippen molar-refractivity contribution in [3.63, 3.8) is 0 Å². The molecule has 0 fully saturated rings.